The van der Waals surface area contributed by atoms with E-state index in [-0.39, 0.29) is 27.9 Å². The molecule has 2 aromatic carbocycles. The van der Waals surface area contributed by atoms with Gasteiger partial charge in [-0.05, 0) is 31.3 Å². The molecule has 1 N–H and O–H groups in total. The van der Waals surface area contributed by atoms with Crippen molar-refractivity contribution in [1.82, 2.24) is 4.90 Å². The van der Waals surface area contributed by atoms with E-state index in [1.807, 2.05) is 24.3 Å². The summed E-state index contributed by atoms with van der Waals surface area (Å²) in [5.41, 5.74) is 1.73. The predicted octanol–water partition coefficient (Wildman–Crippen LogP) is 2.93. The number of methoxy groups -OCH3 is 2. The number of ether oxygens (including phenoxy) is 2. The van der Waals surface area contributed by atoms with Gasteiger partial charge in [-0.25, -0.2) is 0 Å². The van der Waals surface area contributed by atoms with Crippen LogP contribution in [0.15, 0.2) is 45.6 Å². The quantitative estimate of drug-likeness (QED) is 0.727. The number of rotatable bonds is 4. The van der Waals surface area contributed by atoms with Gasteiger partial charge in [0.1, 0.15) is 16.9 Å². The van der Waals surface area contributed by atoms with E-state index in [2.05, 4.69) is 16.8 Å². The van der Waals surface area contributed by atoms with Crippen LogP contribution in [0, 0.1) is 0 Å². The first kappa shape index (κ1) is 19.1. The van der Waals surface area contributed by atoms with E-state index in [0.717, 1.165) is 37.4 Å². The van der Waals surface area contributed by atoms with E-state index in [0.29, 0.717) is 11.5 Å². The number of fused-ring (bicyclic) bond motifs is 1. The van der Waals surface area contributed by atoms with Gasteiger partial charge in [-0.3, -0.25) is 4.79 Å². The highest BCUT2D eigenvalue weighted by Gasteiger charge is 2.20. The molecule has 1 fully saturated rings. The summed E-state index contributed by atoms with van der Waals surface area (Å²) in [7, 11) is 5.05. The van der Waals surface area contributed by atoms with Crippen LogP contribution in [0.25, 0.3) is 22.3 Å². The van der Waals surface area contributed by atoms with Crippen LogP contribution in [0.5, 0.6) is 17.2 Å². The van der Waals surface area contributed by atoms with Crippen molar-refractivity contribution in [3.63, 3.8) is 0 Å². The third-order valence-electron chi connectivity index (χ3n) is 5.35. The molecule has 4 rings (SSSR count). The van der Waals surface area contributed by atoms with Crippen molar-refractivity contribution in [2.75, 3.05) is 52.3 Å². The Morgan fingerprint density at radius 3 is 2.31 bits per heavy atom. The van der Waals surface area contributed by atoms with Crippen molar-refractivity contribution >= 4 is 16.7 Å². The second-order valence-corrected chi connectivity index (χ2v) is 7.15. The van der Waals surface area contributed by atoms with Crippen molar-refractivity contribution in [2.24, 2.45) is 0 Å². The minimum atomic E-state index is -0.345. The fourth-order valence-electron chi connectivity index (χ4n) is 3.66. The van der Waals surface area contributed by atoms with Crippen molar-refractivity contribution in [2.45, 2.75) is 0 Å². The van der Waals surface area contributed by atoms with Crippen molar-refractivity contribution in [3.05, 3.63) is 46.6 Å². The summed E-state index contributed by atoms with van der Waals surface area (Å²) in [4.78, 5) is 17.3. The SMILES string of the molecule is COc1cc(O)c2c(=O)cc(-c3ccc(N4CCN(C)CC4)cc3)oc2c1OC. The maximum atomic E-state index is 12.7. The van der Waals surface area contributed by atoms with Crippen molar-refractivity contribution in [3.8, 4) is 28.6 Å². The number of hydrogen-bond donors (Lipinski definition) is 1. The third-order valence-corrected chi connectivity index (χ3v) is 5.35. The zero-order chi connectivity index (χ0) is 20.5. The molecule has 0 atom stereocenters. The molecule has 1 saturated heterocycles. The summed E-state index contributed by atoms with van der Waals surface area (Å²) in [6.45, 7) is 4.03. The molecule has 7 heteroatoms. The number of hydrogen-bond acceptors (Lipinski definition) is 7. The molecular formula is C22H24N2O5. The average Bonchev–Trinajstić information content (AvgIpc) is 2.73. The Morgan fingerprint density at radius 2 is 1.69 bits per heavy atom. The highest BCUT2D eigenvalue weighted by molar-refractivity contribution is 5.91. The lowest BCUT2D eigenvalue weighted by Gasteiger charge is -2.34. The van der Waals surface area contributed by atoms with Crippen LogP contribution in [-0.2, 0) is 0 Å². The lowest BCUT2D eigenvalue weighted by atomic mass is 10.1. The lowest BCUT2D eigenvalue weighted by Crippen LogP contribution is -2.44. The zero-order valence-corrected chi connectivity index (χ0v) is 16.8. The van der Waals surface area contributed by atoms with Crippen LogP contribution in [-0.4, -0.2) is 57.5 Å². The monoisotopic (exact) mass is 396 g/mol. The number of phenolic OH excluding ortho intramolecular Hbond substituents is 1. The molecule has 1 aliphatic heterocycles. The van der Waals surface area contributed by atoms with E-state index in [4.69, 9.17) is 13.9 Å². The topological polar surface area (TPSA) is 75.4 Å². The standard InChI is InChI=1S/C22H24N2O5/c1-23-8-10-24(11-9-23)15-6-4-14(5-7-15)18-12-16(25)20-17(26)13-19(27-2)21(28-3)22(20)29-18/h4-7,12-13,26H,8-11H2,1-3H3. The molecule has 0 saturated carbocycles. The number of likely N-dealkylation sites (N-methyl/N-ethyl adjacent to an activating group) is 1. The highest BCUT2D eigenvalue weighted by atomic mass is 16.5. The number of phenols is 1. The molecule has 3 aromatic rings. The Morgan fingerprint density at radius 1 is 1.00 bits per heavy atom. The molecule has 29 heavy (non-hydrogen) atoms. The molecule has 152 valence electrons. The number of anilines is 1. The Kier molecular flexibility index (Phi) is 5.07. The third kappa shape index (κ3) is 3.49. The fraction of sp³-hybridized carbons (Fsp3) is 0.318. The second-order valence-electron chi connectivity index (χ2n) is 7.15. The summed E-state index contributed by atoms with van der Waals surface area (Å²) < 4.78 is 16.6. The molecule has 7 nitrogen and oxygen atoms in total. The summed E-state index contributed by atoms with van der Waals surface area (Å²) in [5, 5.41) is 10.3. The van der Waals surface area contributed by atoms with Gasteiger partial charge in [-0.2, -0.15) is 0 Å². The van der Waals surface area contributed by atoms with E-state index in [1.54, 1.807) is 0 Å². The van der Waals surface area contributed by atoms with Gasteiger partial charge in [0.15, 0.2) is 16.8 Å². The molecule has 2 heterocycles. The van der Waals surface area contributed by atoms with E-state index in [9.17, 15) is 9.90 Å². The summed E-state index contributed by atoms with van der Waals surface area (Å²) in [6, 6.07) is 10.7. The van der Waals surface area contributed by atoms with Crippen LogP contribution in [0.2, 0.25) is 0 Å². The largest absolute Gasteiger partial charge is 0.507 e. The predicted molar refractivity (Wildman–Crippen MR) is 112 cm³/mol. The van der Waals surface area contributed by atoms with Gasteiger partial charge >= 0.3 is 0 Å². The van der Waals surface area contributed by atoms with E-state index in [1.165, 1.54) is 26.4 Å². The average molecular weight is 396 g/mol. The van der Waals surface area contributed by atoms with Gasteiger partial charge in [0, 0.05) is 49.6 Å². The van der Waals surface area contributed by atoms with Crippen LogP contribution >= 0.6 is 0 Å². The van der Waals surface area contributed by atoms with Gasteiger partial charge in [0.05, 0.1) is 14.2 Å². The van der Waals surface area contributed by atoms with Crippen molar-refractivity contribution in [1.29, 1.82) is 0 Å². The van der Waals surface area contributed by atoms with Gasteiger partial charge < -0.3 is 28.8 Å². The lowest BCUT2D eigenvalue weighted by molar-refractivity contribution is 0.313. The minimum absolute atomic E-state index is 0.0699. The molecule has 0 bridgehead atoms. The molecular weight excluding hydrogens is 372 g/mol. The van der Waals surface area contributed by atoms with Crippen LogP contribution in [0.4, 0.5) is 5.69 Å². The maximum Gasteiger partial charge on any atom is 0.205 e. The fourth-order valence-corrected chi connectivity index (χ4v) is 3.66. The number of nitrogens with zero attached hydrogens (tertiary/aromatic N) is 2. The van der Waals surface area contributed by atoms with Crippen LogP contribution in [0.3, 0.4) is 0 Å². The Bertz CT molecular complexity index is 1080. The Labute approximate surface area is 168 Å². The molecule has 0 radical (unpaired) electrons. The minimum Gasteiger partial charge on any atom is -0.507 e. The van der Waals surface area contributed by atoms with Gasteiger partial charge in [0.2, 0.25) is 5.75 Å². The number of piperazine rings is 1. The van der Waals surface area contributed by atoms with Crippen LogP contribution in [0.1, 0.15) is 0 Å². The first-order chi connectivity index (χ1) is 14.0. The summed E-state index contributed by atoms with van der Waals surface area (Å²) in [5.74, 6) is 0.762. The van der Waals surface area contributed by atoms with Gasteiger partial charge in [0.25, 0.3) is 0 Å². The van der Waals surface area contributed by atoms with E-state index < -0.39 is 0 Å². The van der Waals surface area contributed by atoms with E-state index >= 15 is 0 Å². The normalized spacial score (nSPS) is 14.9. The first-order valence-electron chi connectivity index (χ1n) is 9.47. The Hall–Kier alpha value is -3.19. The smallest absolute Gasteiger partial charge is 0.205 e. The number of aromatic hydroxyl groups is 1. The number of benzene rings is 2. The molecule has 0 spiro atoms. The molecule has 0 unspecified atom stereocenters. The highest BCUT2D eigenvalue weighted by Crippen LogP contribution is 2.40. The molecule has 0 amide bonds. The molecule has 1 aromatic heterocycles. The summed E-state index contributed by atoms with van der Waals surface area (Å²) in [6.07, 6.45) is 0. The van der Waals surface area contributed by atoms with Crippen molar-refractivity contribution < 1.29 is 19.0 Å². The maximum absolute atomic E-state index is 12.7. The molecule has 1 aliphatic rings. The zero-order valence-electron chi connectivity index (χ0n) is 16.8. The van der Waals surface area contributed by atoms with Crippen LogP contribution < -0.4 is 19.8 Å². The first-order valence-corrected chi connectivity index (χ1v) is 9.47. The summed E-state index contributed by atoms with van der Waals surface area (Å²) >= 11 is 0. The van der Waals surface area contributed by atoms with Gasteiger partial charge in [-0.15, -0.1) is 0 Å². The molecule has 0 aliphatic carbocycles. The second kappa shape index (κ2) is 7.67. The Balaban J connectivity index is 1.75. The van der Waals surface area contributed by atoms with Gasteiger partial charge in [-0.1, -0.05) is 0 Å².